The van der Waals surface area contributed by atoms with Gasteiger partial charge in [-0.15, -0.1) is 0 Å². The number of benzene rings is 2. The maximum atomic E-state index is 11.9. The van der Waals surface area contributed by atoms with Crippen LogP contribution in [0.5, 0.6) is 0 Å². The fraction of sp³-hybridized carbons (Fsp3) is 0.133. The Kier molecular flexibility index (Phi) is 4.48. The Labute approximate surface area is 122 Å². The van der Waals surface area contributed by atoms with Crippen LogP contribution in [0.4, 0.5) is 11.4 Å². The lowest BCUT2D eigenvalue weighted by molar-refractivity contribution is -0.141. The predicted molar refractivity (Wildman–Crippen MR) is 80.7 cm³/mol. The number of methoxy groups -OCH3 is 1. The third kappa shape index (κ3) is 3.22. The van der Waals surface area contributed by atoms with Gasteiger partial charge in [-0.2, -0.15) is 0 Å². The van der Waals surface area contributed by atoms with Gasteiger partial charge in [0, 0.05) is 5.69 Å². The average molecular weight is 291 g/mol. The van der Waals surface area contributed by atoms with Crippen LogP contribution in [0.3, 0.4) is 0 Å². The molecule has 0 aromatic heterocycles. The first-order valence-electron chi connectivity index (χ1n) is 6.06. The van der Waals surface area contributed by atoms with E-state index < -0.39 is 6.04 Å². The molecule has 0 aliphatic heterocycles. The lowest BCUT2D eigenvalue weighted by Crippen LogP contribution is -2.22. The van der Waals surface area contributed by atoms with Crippen LogP contribution in [-0.4, -0.2) is 13.1 Å². The largest absolute Gasteiger partial charge is 0.467 e. The average Bonchev–Trinajstić information content (AvgIpc) is 2.46. The summed E-state index contributed by atoms with van der Waals surface area (Å²) in [5.74, 6) is -0.385. The first-order chi connectivity index (χ1) is 9.61. The van der Waals surface area contributed by atoms with Crippen molar-refractivity contribution in [2.75, 3.05) is 18.2 Å². The van der Waals surface area contributed by atoms with E-state index in [1.165, 1.54) is 7.11 Å². The molecule has 0 saturated carbocycles. The van der Waals surface area contributed by atoms with Crippen molar-refractivity contribution < 1.29 is 9.53 Å². The Bertz CT molecular complexity index is 602. The summed E-state index contributed by atoms with van der Waals surface area (Å²) in [6.45, 7) is 0. The summed E-state index contributed by atoms with van der Waals surface area (Å²) < 4.78 is 4.83. The molecule has 2 rings (SSSR count). The van der Waals surface area contributed by atoms with Crippen LogP contribution in [0.2, 0.25) is 5.02 Å². The molecular weight excluding hydrogens is 276 g/mol. The number of hydrogen-bond acceptors (Lipinski definition) is 4. The van der Waals surface area contributed by atoms with Gasteiger partial charge < -0.3 is 15.8 Å². The normalized spacial score (nSPS) is 11.7. The number of nitrogens with two attached hydrogens (primary N) is 1. The van der Waals surface area contributed by atoms with Crippen LogP contribution in [0.15, 0.2) is 48.5 Å². The monoisotopic (exact) mass is 290 g/mol. The maximum Gasteiger partial charge on any atom is 0.332 e. The molecular formula is C15H15ClN2O2. The summed E-state index contributed by atoms with van der Waals surface area (Å²) in [6, 6.07) is 13.7. The van der Waals surface area contributed by atoms with Gasteiger partial charge in [0.1, 0.15) is 0 Å². The highest BCUT2D eigenvalue weighted by atomic mass is 35.5. The van der Waals surface area contributed by atoms with Crippen LogP contribution in [-0.2, 0) is 9.53 Å². The van der Waals surface area contributed by atoms with Crippen molar-refractivity contribution in [3.63, 3.8) is 0 Å². The number of hydrogen-bond donors (Lipinski definition) is 2. The molecule has 0 spiro atoms. The number of carbonyl (C=O) groups excluding carboxylic acids is 1. The van der Waals surface area contributed by atoms with Gasteiger partial charge >= 0.3 is 5.97 Å². The van der Waals surface area contributed by atoms with Crippen molar-refractivity contribution in [1.82, 2.24) is 0 Å². The van der Waals surface area contributed by atoms with Crippen molar-refractivity contribution in [1.29, 1.82) is 0 Å². The molecule has 0 aliphatic rings. The van der Waals surface area contributed by atoms with Gasteiger partial charge in [0.25, 0.3) is 0 Å². The summed E-state index contributed by atoms with van der Waals surface area (Å²) in [7, 11) is 1.35. The zero-order valence-electron chi connectivity index (χ0n) is 11.0. The number of ether oxygens (including phenoxy) is 1. The number of nitrogen functional groups attached to an aromatic ring is 1. The highest BCUT2D eigenvalue weighted by Gasteiger charge is 2.21. The van der Waals surface area contributed by atoms with Crippen LogP contribution >= 0.6 is 11.6 Å². The number of anilines is 2. The van der Waals surface area contributed by atoms with Crippen molar-refractivity contribution in [3.05, 3.63) is 59.1 Å². The topological polar surface area (TPSA) is 64.3 Å². The van der Waals surface area contributed by atoms with Gasteiger partial charge in [-0.3, -0.25) is 0 Å². The summed E-state index contributed by atoms with van der Waals surface area (Å²) >= 11 is 6.11. The highest BCUT2D eigenvalue weighted by molar-refractivity contribution is 6.33. The third-order valence-corrected chi connectivity index (χ3v) is 3.18. The SMILES string of the molecule is COC(=O)C(Nc1ccc(N)cc1Cl)c1ccccc1. The van der Waals surface area contributed by atoms with E-state index in [0.29, 0.717) is 16.4 Å². The van der Waals surface area contributed by atoms with Crippen molar-refractivity contribution >= 4 is 28.9 Å². The molecule has 0 amide bonds. The van der Waals surface area contributed by atoms with Crippen molar-refractivity contribution in [3.8, 4) is 0 Å². The third-order valence-electron chi connectivity index (χ3n) is 2.86. The van der Waals surface area contributed by atoms with Gasteiger partial charge in [-0.1, -0.05) is 41.9 Å². The van der Waals surface area contributed by atoms with Gasteiger partial charge in [0.05, 0.1) is 17.8 Å². The van der Waals surface area contributed by atoms with E-state index in [0.717, 1.165) is 5.56 Å². The van der Waals surface area contributed by atoms with E-state index >= 15 is 0 Å². The van der Waals surface area contributed by atoms with E-state index in [4.69, 9.17) is 22.1 Å². The summed E-state index contributed by atoms with van der Waals surface area (Å²) in [6.07, 6.45) is 0. The van der Waals surface area contributed by atoms with Gasteiger partial charge in [-0.25, -0.2) is 4.79 Å². The Morgan fingerprint density at radius 3 is 2.55 bits per heavy atom. The minimum absolute atomic E-state index is 0.385. The van der Waals surface area contributed by atoms with Gasteiger partial charge in [0.2, 0.25) is 0 Å². The highest BCUT2D eigenvalue weighted by Crippen LogP contribution is 2.28. The molecule has 104 valence electrons. The van der Waals surface area contributed by atoms with E-state index in [1.807, 2.05) is 30.3 Å². The number of rotatable bonds is 4. The molecule has 1 atom stereocenters. The number of nitrogens with one attached hydrogen (secondary N) is 1. The predicted octanol–water partition coefficient (Wildman–Crippen LogP) is 3.25. The smallest absolute Gasteiger partial charge is 0.332 e. The molecule has 2 aromatic carbocycles. The second-order valence-electron chi connectivity index (χ2n) is 4.25. The Hall–Kier alpha value is -2.20. The molecule has 0 aliphatic carbocycles. The van der Waals surface area contributed by atoms with E-state index in [9.17, 15) is 4.79 Å². The Morgan fingerprint density at radius 1 is 1.25 bits per heavy atom. The van der Waals surface area contributed by atoms with Gasteiger partial charge in [0.15, 0.2) is 6.04 Å². The van der Waals surface area contributed by atoms with E-state index in [1.54, 1.807) is 18.2 Å². The van der Waals surface area contributed by atoms with E-state index in [-0.39, 0.29) is 5.97 Å². The van der Waals surface area contributed by atoms with Crippen molar-refractivity contribution in [2.45, 2.75) is 6.04 Å². The fourth-order valence-electron chi connectivity index (χ4n) is 1.85. The number of carbonyl (C=O) groups is 1. The fourth-order valence-corrected chi connectivity index (χ4v) is 2.09. The maximum absolute atomic E-state index is 11.9. The molecule has 0 heterocycles. The molecule has 2 aromatic rings. The zero-order chi connectivity index (χ0) is 14.5. The minimum Gasteiger partial charge on any atom is -0.467 e. The van der Waals surface area contributed by atoms with Crippen molar-refractivity contribution in [2.24, 2.45) is 0 Å². The minimum atomic E-state index is -0.623. The molecule has 1 unspecified atom stereocenters. The zero-order valence-corrected chi connectivity index (χ0v) is 11.7. The molecule has 0 bridgehead atoms. The summed E-state index contributed by atoms with van der Waals surface area (Å²) in [5, 5.41) is 3.53. The molecule has 0 radical (unpaired) electrons. The standard InChI is InChI=1S/C15H15ClN2O2/c1-20-15(19)14(10-5-3-2-4-6-10)18-13-8-7-11(17)9-12(13)16/h2-9,14,18H,17H2,1H3. The van der Waals surface area contributed by atoms with Crippen LogP contribution in [0.1, 0.15) is 11.6 Å². The Balaban J connectivity index is 2.31. The Morgan fingerprint density at radius 2 is 1.95 bits per heavy atom. The number of esters is 1. The van der Waals surface area contributed by atoms with Crippen LogP contribution in [0, 0.1) is 0 Å². The number of halogens is 1. The first-order valence-corrected chi connectivity index (χ1v) is 6.44. The quantitative estimate of drug-likeness (QED) is 0.670. The lowest BCUT2D eigenvalue weighted by atomic mass is 10.1. The second kappa shape index (κ2) is 6.30. The molecule has 0 fully saturated rings. The van der Waals surface area contributed by atoms with Crippen LogP contribution in [0.25, 0.3) is 0 Å². The second-order valence-corrected chi connectivity index (χ2v) is 4.66. The molecule has 4 nitrogen and oxygen atoms in total. The summed E-state index contributed by atoms with van der Waals surface area (Å²) in [4.78, 5) is 11.9. The molecule has 20 heavy (non-hydrogen) atoms. The van der Waals surface area contributed by atoms with E-state index in [2.05, 4.69) is 5.32 Å². The first kappa shape index (κ1) is 14.2. The molecule has 0 saturated heterocycles. The lowest BCUT2D eigenvalue weighted by Gasteiger charge is -2.19. The van der Waals surface area contributed by atoms with Crippen LogP contribution < -0.4 is 11.1 Å². The molecule has 5 heteroatoms. The molecule has 3 N–H and O–H groups in total. The summed E-state index contributed by atoms with van der Waals surface area (Å²) in [5.41, 5.74) is 7.64. The van der Waals surface area contributed by atoms with Gasteiger partial charge in [-0.05, 0) is 23.8 Å².